The minimum absolute atomic E-state index is 0.00874. The van der Waals surface area contributed by atoms with E-state index in [1.807, 2.05) is 19.9 Å². The summed E-state index contributed by atoms with van der Waals surface area (Å²) in [7, 11) is -0.567. The maximum absolute atomic E-state index is 12.6. The standard InChI is InChI=1S/C14H17N5O2S/c1-10(2)14-17-13(9-18(14)3)22(20,21)19(4)12-6-5-11(7-15)16-8-12/h5-6,8-10H,1-4H3. The summed E-state index contributed by atoms with van der Waals surface area (Å²) in [5, 5.41) is 8.72. The van der Waals surface area contributed by atoms with Crippen LogP contribution in [0.15, 0.2) is 29.6 Å². The second kappa shape index (κ2) is 5.77. The molecule has 22 heavy (non-hydrogen) atoms. The first-order valence-corrected chi connectivity index (χ1v) is 8.09. The molecule has 0 saturated carbocycles. The molecule has 0 amide bonds. The van der Waals surface area contributed by atoms with Gasteiger partial charge in [-0.1, -0.05) is 13.8 Å². The molecule has 0 aliphatic carbocycles. The van der Waals surface area contributed by atoms with Gasteiger partial charge in [-0.25, -0.2) is 9.97 Å². The fraction of sp³-hybridized carbons (Fsp3) is 0.357. The first kappa shape index (κ1) is 16.0. The van der Waals surface area contributed by atoms with Gasteiger partial charge in [0.1, 0.15) is 17.6 Å². The average Bonchev–Trinajstić information content (AvgIpc) is 2.89. The Bertz CT molecular complexity index is 816. The predicted octanol–water partition coefficient (Wildman–Crippen LogP) is 1.64. The van der Waals surface area contributed by atoms with Crippen LogP contribution in [-0.2, 0) is 17.1 Å². The average molecular weight is 319 g/mol. The van der Waals surface area contributed by atoms with Gasteiger partial charge in [-0.05, 0) is 12.1 Å². The number of aromatic nitrogens is 3. The summed E-state index contributed by atoms with van der Waals surface area (Å²) >= 11 is 0. The van der Waals surface area contributed by atoms with Crippen molar-refractivity contribution in [1.82, 2.24) is 14.5 Å². The molecular formula is C14H17N5O2S. The van der Waals surface area contributed by atoms with Crippen LogP contribution < -0.4 is 4.31 Å². The van der Waals surface area contributed by atoms with Crippen LogP contribution in [0.3, 0.4) is 0 Å². The maximum atomic E-state index is 12.6. The zero-order valence-electron chi connectivity index (χ0n) is 12.8. The van der Waals surface area contributed by atoms with Gasteiger partial charge in [0.25, 0.3) is 10.0 Å². The molecular weight excluding hydrogens is 302 g/mol. The Labute approximate surface area is 129 Å². The van der Waals surface area contributed by atoms with Gasteiger partial charge in [-0.3, -0.25) is 4.31 Å². The molecule has 0 N–H and O–H groups in total. The van der Waals surface area contributed by atoms with Gasteiger partial charge in [-0.15, -0.1) is 0 Å². The van der Waals surface area contributed by atoms with Crippen molar-refractivity contribution in [2.75, 3.05) is 11.4 Å². The topological polar surface area (TPSA) is 91.9 Å². The largest absolute Gasteiger partial charge is 0.336 e. The lowest BCUT2D eigenvalue weighted by molar-refractivity contribution is 0.590. The molecule has 0 unspecified atom stereocenters. The molecule has 0 aliphatic heterocycles. The number of pyridine rings is 1. The fourth-order valence-corrected chi connectivity index (χ4v) is 3.20. The number of nitrogens with zero attached hydrogens (tertiary/aromatic N) is 5. The molecule has 2 heterocycles. The van der Waals surface area contributed by atoms with Crippen LogP contribution in [0.4, 0.5) is 5.69 Å². The third kappa shape index (κ3) is 2.80. The summed E-state index contributed by atoms with van der Waals surface area (Å²) in [6.07, 6.45) is 2.85. The van der Waals surface area contributed by atoms with Gasteiger partial charge in [-0.2, -0.15) is 13.7 Å². The third-order valence-corrected chi connectivity index (χ3v) is 4.91. The van der Waals surface area contributed by atoms with E-state index in [2.05, 4.69) is 9.97 Å². The van der Waals surface area contributed by atoms with Gasteiger partial charge >= 0.3 is 0 Å². The molecule has 0 aromatic carbocycles. The van der Waals surface area contributed by atoms with Gasteiger partial charge in [0.05, 0.1) is 11.9 Å². The Morgan fingerprint density at radius 1 is 1.36 bits per heavy atom. The Hall–Kier alpha value is -2.40. The van der Waals surface area contributed by atoms with Crippen LogP contribution in [0, 0.1) is 11.3 Å². The molecule has 0 aliphatic rings. The second-order valence-corrected chi connectivity index (χ2v) is 7.11. The summed E-state index contributed by atoms with van der Waals surface area (Å²) in [5.41, 5.74) is 0.602. The van der Waals surface area contributed by atoms with Gasteiger partial charge < -0.3 is 4.57 Å². The van der Waals surface area contributed by atoms with E-state index < -0.39 is 10.0 Å². The van der Waals surface area contributed by atoms with Gasteiger partial charge in [0, 0.05) is 26.2 Å². The summed E-state index contributed by atoms with van der Waals surface area (Å²) < 4.78 is 28.1. The molecule has 2 aromatic heterocycles. The number of aryl methyl sites for hydroxylation is 1. The monoisotopic (exact) mass is 319 g/mol. The first-order chi connectivity index (χ1) is 10.3. The maximum Gasteiger partial charge on any atom is 0.283 e. The second-order valence-electron chi connectivity index (χ2n) is 5.19. The van der Waals surface area contributed by atoms with E-state index in [1.54, 1.807) is 11.6 Å². The van der Waals surface area contributed by atoms with Crippen molar-refractivity contribution in [3.8, 4) is 6.07 Å². The number of sulfonamides is 1. The van der Waals surface area contributed by atoms with Crippen molar-refractivity contribution < 1.29 is 8.42 Å². The highest BCUT2D eigenvalue weighted by atomic mass is 32.2. The molecule has 0 spiro atoms. The molecule has 116 valence electrons. The Balaban J connectivity index is 2.40. The van der Waals surface area contributed by atoms with E-state index in [0.717, 1.165) is 4.31 Å². The Morgan fingerprint density at radius 3 is 2.50 bits per heavy atom. The van der Waals surface area contributed by atoms with Crippen LogP contribution in [0.5, 0.6) is 0 Å². The van der Waals surface area contributed by atoms with Gasteiger partial charge in [0.15, 0.2) is 5.03 Å². The van der Waals surface area contributed by atoms with Crippen molar-refractivity contribution in [2.24, 2.45) is 7.05 Å². The lowest BCUT2D eigenvalue weighted by Crippen LogP contribution is -2.27. The number of anilines is 1. The zero-order valence-corrected chi connectivity index (χ0v) is 13.7. The normalized spacial score (nSPS) is 11.5. The number of nitriles is 1. The van der Waals surface area contributed by atoms with Gasteiger partial charge in [0.2, 0.25) is 0 Å². The smallest absolute Gasteiger partial charge is 0.283 e. The summed E-state index contributed by atoms with van der Waals surface area (Å²) in [6.45, 7) is 3.90. The Kier molecular flexibility index (Phi) is 4.19. The third-order valence-electron chi connectivity index (χ3n) is 3.26. The van der Waals surface area contributed by atoms with Crippen LogP contribution in [0.1, 0.15) is 31.3 Å². The lowest BCUT2D eigenvalue weighted by Gasteiger charge is -2.17. The highest BCUT2D eigenvalue weighted by Crippen LogP contribution is 2.22. The summed E-state index contributed by atoms with van der Waals surface area (Å²) in [4.78, 5) is 8.11. The van der Waals surface area contributed by atoms with Crippen molar-refractivity contribution in [1.29, 1.82) is 5.26 Å². The minimum Gasteiger partial charge on any atom is -0.336 e. The van der Waals surface area contributed by atoms with Crippen molar-refractivity contribution in [3.05, 3.63) is 36.0 Å². The van der Waals surface area contributed by atoms with Crippen molar-refractivity contribution in [3.63, 3.8) is 0 Å². The van der Waals surface area contributed by atoms with E-state index in [9.17, 15) is 8.42 Å². The SMILES string of the molecule is CC(C)c1nc(S(=O)(=O)N(C)c2ccc(C#N)nc2)cn1C. The highest BCUT2D eigenvalue weighted by Gasteiger charge is 2.26. The van der Waals surface area contributed by atoms with E-state index in [1.165, 1.54) is 31.6 Å². The van der Waals surface area contributed by atoms with Crippen LogP contribution in [0.25, 0.3) is 0 Å². The highest BCUT2D eigenvalue weighted by molar-refractivity contribution is 7.92. The van der Waals surface area contributed by atoms with E-state index in [4.69, 9.17) is 5.26 Å². The fourth-order valence-electron chi connectivity index (χ4n) is 2.03. The van der Waals surface area contributed by atoms with E-state index in [0.29, 0.717) is 11.5 Å². The van der Waals surface area contributed by atoms with Crippen LogP contribution in [-0.4, -0.2) is 30.0 Å². The number of rotatable bonds is 4. The number of hydrogen-bond acceptors (Lipinski definition) is 5. The molecule has 0 fully saturated rings. The zero-order chi connectivity index (χ0) is 16.5. The van der Waals surface area contributed by atoms with Crippen molar-refractivity contribution >= 4 is 15.7 Å². The number of imidazole rings is 1. The van der Waals surface area contributed by atoms with E-state index >= 15 is 0 Å². The lowest BCUT2D eigenvalue weighted by atomic mass is 10.2. The van der Waals surface area contributed by atoms with Crippen LogP contribution in [0.2, 0.25) is 0 Å². The molecule has 2 aromatic rings. The summed E-state index contributed by atoms with van der Waals surface area (Å²) in [6, 6.07) is 4.90. The molecule has 2 rings (SSSR count). The molecule has 7 nitrogen and oxygen atoms in total. The quantitative estimate of drug-likeness (QED) is 0.854. The Morgan fingerprint density at radius 2 is 2.05 bits per heavy atom. The molecule has 0 saturated heterocycles. The van der Waals surface area contributed by atoms with Crippen LogP contribution >= 0.6 is 0 Å². The summed E-state index contributed by atoms with van der Waals surface area (Å²) in [5.74, 6) is 0.820. The first-order valence-electron chi connectivity index (χ1n) is 6.65. The molecule has 8 heteroatoms. The number of hydrogen-bond donors (Lipinski definition) is 0. The van der Waals surface area contributed by atoms with E-state index in [-0.39, 0.29) is 16.6 Å². The molecule has 0 radical (unpaired) electrons. The molecule has 0 bridgehead atoms. The van der Waals surface area contributed by atoms with Crippen molar-refractivity contribution in [2.45, 2.75) is 24.8 Å². The predicted molar refractivity (Wildman–Crippen MR) is 81.8 cm³/mol. The minimum atomic E-state index is -3.77. The molecule has 0 atom stereocenters.